The van der Waals surface area contributed by atoms with Gasteiger partial charge in [-0.3, -0.25) is 0 Å². The van der Waals surface area contributed by atoms with E-state index >= 15 is 0 Å². The number of nitrogens with one attached hydrogen (secondary N) is 1. The number of nitrogens with two attached hydrogens (primary N) is 1. The Morgan fingerprint density at radius 1 is 0.929 bits per heavy atom. The first kappa shape index (κ1) is 21.7. The molecular formula is C22H24IN3O2. The van der Waals surface area contributed by atoms with Crippen LogP contribution in [0.15, 0.2) is 83.9 Å². The Balaban J connectivity index is 0.00000280. The van der Waals surface area contributed by atoms with Crippen LogP contribution in [-0.4, -0.2) is 13.1 Å². The summed E-state index contributed by atoms with van der Waals surface area (Å²) in [5.41, 5.74) is 8.97. The zero-order chi connectivity index (χ0) is 18.9. The predicted octanol–water partition coefficient (Wildman–Crippen LogP) is 5.17. The lowest BCUT2D eigenvalue weighted by molar-refractivity contribution is 0.185. The van der Waals surface area contributed by atoms with E-state index in [1.807, 2.05) is 78.9 Å². The number of methoxy groups -OCH3 is 1. The van der Waals surface area contributed by atoms with Gasteiger partial charge in [-0.2, -0.15) is 0 Å². The molecule has 6 heteroatoms. The van der Waals surface area contributed by atoms with Crippen molar-refractivity contribution in [1.29, 1.82) is 0 Å². The molecule has 0 spiro atoms. The van der Waals surface area contributed by atoms with E-state index in [0.717, 1.165) is 28.3 Å². The fourth-order valence-corrected chi connectivity index (χ4v) is 2.61. The van der Waals surface area contributed by atoms with Crippen molar-refractivity contribution in [2.24, 2.45) is 10.7 Å². The minimum absolute atomic E-state index is 0. The maximum Gasteiger partial charge on any atom is 0.193 e. The molecule has 0 aliphatic heterocycles. The van der Waals surface area contributed by atoms with Gasteiger partial charge in [0.15, 0.2) is 5.96 Å². The maximum atomic E-state index is 6.05. The average Bonchev–Trinajstić information content (AvgIpc) is 2.69. The van der Waals surface area contributed by atoms with Gasteiger partial charge in [-0.25, -0.2) is 4.99 Å². The van der Waals surface area contributed by atoms with Gasteiger partial charge in [-0.15, -0.1) is 24.0 Å². The lowest BCUT2D eigenvalue weighted by atomic mass is 10.2. The van der Waals surface area contributed by atoms with Crippen molar-refractivity contribution in [3.63, 3.8) is 0 Å². The topological polar surface area (TPSA) is 68.9 Å². The molecule has 0 radical (unpaired) electrons. The smallest absolute Gasteiger partial charge is 0.193 e. The molecule has 3 aromatic rings. The highest BCUT2D eigenvalue weighted by molar-refractivity contribution is 14.0. The molecule has 0 aliphatic rings. The van der Waals surface area contributed by atoms with Crippen LogP contribution in [0.25, 0.3) is 0 Å². The fraction of sp³-hybridized carbons (Fsp3) is 0.136. The van der Waals surface area contributed by atoms with Crippen LogP contribution in [0.2, 0.25) is 0 Å². The molecule has 0 saturated heterocycles. The summed E-state index contributed by atoms with van der Waals surface area (Å²) in [6.07, 6.45) is 0. The van der Waals surface area contributed by atoms with Crippen LogP contribution in [0.1, 0.15) is 11.1 Å². The van der Waals surface area contributed by atoms with Gasteiger partial charge < -0.3 is 20.5 Å². The van der Waals surface area contributed by atoms with Gasteiger partial charge in [0.1, 0.15) is 11.5 Å². The number of benzene rings is 3. The highest BCUT2D eigenvalue weighted by Gasteiger charge is 2.03. The Bertz CT molecular complexity index is 901. The summed E-state index contributed by atoms with van der Waals surface area (Å²) in [6, 6.07) is 25.3. The van der Waals surface area contributed by atoms with Crippen molar-refractivity contribution in [3.05, 3.63) is 90.0 Å². The van der Waals surface area contributed by atoms with Crippen molar-refractivity contribution < 1.29 is 9.47 Å². The number of anilines is 1. The van der Waals surface area contributed by atoms with E-state index in [1.54, 1.807) is 7.11 Å². The summed E-state index contributed by atoms with van der Waals surface area (Å²) in [5.74, 6) is 1.92. The van der Waals surface area contributed by atoms with Crippen LogP contribution in [0.5, 0.6) is 11.5 Å². The van der Waals surface area contributed by atoms with E-state index in [2.05, 4.69) is 10.3 Å². The van der Waals surface area contributed by atoms with Crippen LogP contribution in [0.3, 0.4) is 0 Å². The van der Waals surface area contributed by atoms with E-state index in [4.69, 9.17) is 15.2 Å². The van der Waals surface area contributed by atoms with Crippen molar-refractivity contribution in [2.75, 3.05) is 12.4 Å². The first-order chi connectivity index (χ1) is 13.2. The molecule has 0 aromatic heterocycles. The summed E-state index contributed by atoms with van der Waals surface area (Å²) in [5, 5.41) is 3.14. The maximum absolute atomic E-state index is 6.05. The number of para-hydroxylation sites is 2. The molecule has 28 heavy (non-hydrogen) atoms. The summed E-state index contributed by atoms with van der Waals surface area (Å²) in [6.45, 7) is 0.965. The van der Waals surface area contributed by atoms with Crippen molar-refractivity contribution in [3.8, 4) is 11.5 Å². The van der Waals surface area contributed by atoms with Gasteiger partial charge in [0.2, 0.25) is 0 Å². The third-order valence-electron chi connectivity index (χ3n) is 3.89. The number of aliphatic imine (C=N–C) groups is 1. The van der Waals surface area contributed by atoms with E-state index in [-0.39, 0.29) is 24.0 Å². The summed E-state index contributed by atoms with van der Waals surface area (Å²) >= 11 is 0. The molecule has 146 valence electrons. The SMILES string of the molecule is COCc1ccccc1NC(N)=NCc1cccc(Oc2ccccc2)c1.I. The minimum atomic E-state index is 0. The molecule has 0 saturated carbocycles. The van der Waals surface area contributed by atoms with Gasteiger partial charge in [0, 0.05) is 18.4 Å². The largest absolute Gasteiger partial charge is 0.457 e. The van der Waals surface area contributed by atoms with E-state index < -0.39 is 0 Å². The fourth-order valence-electron chi connectivity index (χ4n) is 2.61. The van der Waals surface area contributed by atoms with Gasteiger partial charge in [-0.05, 0) is 35.9 Å². The molecule has 5 nitrogen and oxygen atoms in total. The highest BCUT2D eigenvalue weighted by Crippen LogP contribution is 2.22. The monoisotopic (exact) mass is 489 g/mol. The van der Waals surface area contributed by atoms with Crippen molar-refractivity contribution in [1.82, 2.24) is 0 Å². The molecule has 0 atom stereocenters. The Morgan fingerprint density at radius 2 is 1.64 bits per heavy atom. The molecule has 0 unspecified atom stereocenters. The second kappa shape index (κ2) is 11.3. The predicted molar refractivity (Wildman–Crippen MR) is 124 cm³/mol. The van der Waals surface area contributed by atoms with E-state index in [1.165, 1.54) is 0 Å². The normalized spacial score (nSPS) is 10.8. The van der Waals surface area contributed by atoms with Crippen LogP contribution < -0.4 is 15.8 Å². The molecular weight excluding hydrogens is 465 g/mol. The van der Waals surface area contributed by atoms with Crippen LogP contribution >= 0.6 is 24.0 Å². The van der Waals surface area contributed by atoms with Gasteiger partial charge in [0.25, 0.3) is 0 Å². The minimum Gasteiger partial charge on any atom is -0.457 e. The lowest BCUT2D eigenvalue weighted by Crippen LogP contribution is -2.23. The Hall–Kier alpha value is -2.58. The number of ether oxygens (including phenoxy) is 2. The Labute approximate surface area is 182 Å². The molecule has 0 heterocycles. The molecule has 0 fully saturated rings. The number of halogens is 1. The third kappa shape index (κ3) is 6.54. The average molecular weight is 489 g/mol. The number of guanidine groups is 1. The number of rotatable bonds is 7. The molecule has 0 amide bonds. The molecule has 3 aromatic carbocycles. The summed E-state index contributed by atoms with van der Waals surface area (Å²) in [4.78, 5) is 4.43. The first-order valence-electron chi connectivity index (χ1n) is 8.70. The van der Waals surface area contributed by atoms with Gasteiger partial charge in [-0.1, -0.05) is 48.5 Å². The second-order valence-corrected chi connectivity index (χ2v) is 5.98. The van der Waals surface area contributed by atoms with Gasteiger partial charge >= 0.3 is 0 Å². The third-order valence-corrected chi connectivity index (χ3v) is 3.89. The molecule has 0 aliphatic carbocycles. The van der Waals surface area contributed by atoms with Crippen LogP contribution in [0.4, 0.5) is 5.69 Å². The number of nitrogens with zero attached hydrogens (tertiary/aromatic N) is 1. The Kier molecular flexibility index (Phi) is 8.77. The first-order valence-corrected chi connectivity index (χ1v) is 8.70. The van der Waals surface area contributed by atoms with E-state index in [9.17, 15) is 0 Å². The second-order valence-electron chi connectivity index (χ2n) is 5.98. The van der Waals surface area contributed by atoms with Gasteiger partial charge in [0.05, 0.1) is 13.2 Å². The van der Waals surface area contributed by atoms with Crippen molar-refractivity contribution in [2.45, 2.75) is 13.2 Å². The molecule has 3 rings (SSSR count). The number of hydrogen-bond donors (Lipinski definition) is 2. The number of hydrogen-bond acceptors (Lipinski definition) is 3. The zero-order valence-corrected chi connectivity index (χ0v) is 18.0. The Morgan fingerprint density at radius 3 is 2.43 bits per heavy atom. The summed E-state index contributed by atoms with van der Waals surface area (Å²) in [7, 11) is 1.67. The summed E-state index contributed by atoms with van der Waals surface area (Å²) < 4.78 is 11.1. The molecule has 0 bridgehead atoms. The van der Waals surface area contributed by atoms with Crippen molar-refractivity contribution >= 4 is 35.6 Å². The zero-order valence-electron chi connectivity index (χ0n) is 15.7. The van der Waals surface area contributed by atoms with Crippen LogP contribution in [-0.2, 0) is 17.9 Å². The van der Waals surface area contributed by atoms with Crippen LogP contribution in [0, 0.1) is 0 Å². The quantitative estimate of drug-likeness (QED) is 0.273. The lowest BCUT2D eigenvalue weighted by Gasteiger charge is -2.11. The standard InChI is InChI=1S/C22H23N3O2.HI/c1-26-16-18-9-5-6-13-21(18)25-22(23)24-15-17-8-7-12-20(14-17)27-19-10-3-2-4-11-19;/h2-14H,15-16H2,1H3,(H3,23,24,25);1H. The highest BCUT2D eigenvalue weighted by atomic mass is 127. The molecule has 3 N–H and O–H groups in total. The van der Waals surface area contributed by atoms with E-state index in [0.29, 0.717) is 19.1 Å².